The van der Waals surface area contributed by atoms with Crippen LogP contribution in [0.3, 0.4) is 0 Å². The van der Waals surface area contributed by atoms with E-state index in [1.807, 2.05) is 0 Å². The average Bonchev–Trinajstić information content (AvgIpc) is 2.90. The first kappa shape index (κ1) is 22.8. The lowest BCUT2D eigenvalue weighted by atomic mass is 9.98. The van der Waals surface area contributed by atoms with Gasteiger partial charge >= 0.3 is 0 Å². The van der Waals surface area contributed by atoms with Crippen LogP contribution in [-0.2, 0) is 0 Å². The first-order valence-corrected chi connectivity index (χ1v) is 9.71. The third-order valence-electron chi connectivity index (χ3n) is 5.13. The van der Waals surface area contributed by atoms with E-state index < -0.39 is 30.4 Å². The Bertz CT molecular complexity index is 333. The van der Waals surface area contributed by atoms with Gasteiger partial charge in [0.25, 0.3) is 0 Å². The number of nitrogens with one attached hydrogen (secondary N) is 1. The molecule has 25 heavy (non-hydrogen) atoms. The molecule has 7 N–H and O–H groups in total. The van der Waals surface area contributed by atoms with Crippen LogP contribution in [-0.4, -0.2) is 80.4 Å². The lowest BCUT2D eigenvalue weighted by Crippen LogP contribution is -2.44. The van der Waals surface area contributed by atoms with Gasteiger partial charge in [0, 0.05) is 6.61 Å². The van der Waals surface area contributed by atoms with Gasteiger partial charge in [-0.05, 0) is 25.7 Å². The zero-order valence-corrected chi connectivity index (χ0v) is 15.1. The highest BCUT2D eigenvalue weighted by atomic mass is 16.3. The van der Waals surface area contributed by atoms with Crippen LogP contribution in [0.2, 0.25) is 0 Å². The van der Waals surface area contributed by atoms with Gasteiger partial charge in [0.2, 0.25) is 0 Å². The van der Waals surface area contributed by atoms with E-state index in [9.17, 15) is 20.4 Å². The molecule has 1 heterocycles. The van der Waals surface area contributed by atoms with Crippen LogP contribution >= 0.6 is 0 Å². The van der Waals surface area contributed by atoms with Crippen LogP contribution in [0.5, 0.6) is 0 Å². The highest BCUT2D eigenvalue weighted by molar-refractivity contribution is 5.00. The normalized spacial score (nSPS) is 29.0. The highest BCUT2D eigenvalue weighted by Crippen LogP contribution is 2.20. The molecule has 1 rings (SSSR count). The Hall–Kier alpha value is -0.280. The fourth-order valence-electron chi connectivity index (χ4n) is 3.49. The van der Waals surface area contributed by atoms with E-state index >= 15 is 0 Å². The smallest absolute Gasteiger partial charge is 0.0993 e. The second kappa shape index (κ2) is 13.0. The quantitative estimate of drug-likeness (QED) is 0.210. The van der Waals surface area contributed by atoms with Gasteiger partial charge in [-0.3, -0.25) is 0 Å². The van der Waals surface area contributed by atoms with Crippen LogP contribution in [0.15, 0.2) is 0 Å². The van der Waals surface area contributed by atoms with Crippen molar-refractivity contribution in [1.82, 2.24) is 5.32 Å². The molecule has 7 heteroatoms. The standard InChI is InChI=1S/C18H37NO6/c20-11-7-9-13(22)8-5-3-1-2-4-6-10-15(23)16-18(25)17(24)14(12-21)19-16/h13-25H,1-12H2/t13-,14+,15-,16+,17+,18+/m1/s1. The van der Waals surface area contributed by atoms with Crippen LogP contribution in [0.25, 0.3) is 0 Å². The van der Waals surface area contributed by atoms with Crippen molar-refractivity contribution in [2.24, 2.45) is 0 Å². The number of rotatable bonds is 14. The number of unbranched alkanes of at least 4 members (excludes halogenated alkanes) is 5. The zero-order chi connectivity index (χ0) is 18.7. The Kier molecular flexibility index (Phi) is 11.8. The zero-order valence-electron chi connectivity index (χ0n) is 15.1. The van der Waals surface area contributed by atoms with Crippen LogP contribution in [0.4, 0.5) is 0 Å². The Labute approximate surface area is 150 Å². The molecule has 0 spiro atoms. The van der Waals surface area contributed by atoms with Crippen molar-refractivity contribution < 1.29 is 30.6 Å². The molecule has 7 nitrogen and oxygen atoms in total. The van der Waals surface area contributed by atoms with Crippen molar-refractivity contribution in [3.63, 3.8) is 0 Å². The lowest BCUT2D eigenvalue weighted by Gasteiger charge is -2.22. The van der Waals surface area contributed by atoms with Gasteiger partial charge in [-0.2, -0.15) is 0 Å². The topological polar surface area (TPSA) is 133 Å². The first-order valence-electron chi connectivity index (χ1n) is 9.71. The van der Waals surface area contributed by atoms with Crippen molar-refractivity contribution >= 4 is 0 Å². The molecule has 1 fully saturated rings. The minimum atomic E-state index is -1.05. The van der Waals surface area contributed by atoms with Crippen molar-refractivity contribution in [2.45, 2.75) is 101 Å². The summed E-state index contributed by atoms with van der Waals surface area (Å²) in [4.78, 5) is 0. The predicted octanol–water partition coefficient (Wildman–Crippen LogP) is -0.344. The van der Waals surface area contributed by atoms with E-state index in [2.05, 4.69) is 5.32 Å². The molecule has 6 atom stereocenters. The largest absolute Gasteiger partial charge is 0.396 e. The van der Waals surface area contributed by atoms with Crippen molar-refractivity contribution in [3.8, 4) is 0 Å². The maximum absolute atomic E-state index is 10.2. The average molecular weight is 363 g/mol. The number of hydrogen-bond donors (Lipinski definition) is 7. The molecular weight excluding hydrogens is 326 g/mol. The Balaban J connectivity index is 2.01. The molecule has 1 aliphatic heterocycles. The predicted molar refractivity (Wildman–Crippen MR) is 95.1 cm³/mol. The minimum absolute atomic E-state index is 0.135. The van der Waals surface area contributed by atoms with Crippen LogP contribution in [0.1, 0.15) is 64.2 Å². The van der Waals surface area contributed by atoms with Gasteiger partial charge in [-0.1, -0.05) is 38.5 Å². The lowest BCUT2D eigenvalue weighted by molar-refractivity contribution is -0.00443. The van der Waals surface area contributed by atoms with E-state index in [1.165, 1.54) is 0 Å². The molecule has 0 aromatic rings. The first-order chi connectivity index (χ1) is 12.0. The summed E-state index contributed by atoms with van der Waals surface area (Å²) in [5.41, 5.74) is 0. The summed E-state index contributed by atoms with van der Waals surface area (Å²) in [7, 11) is 0. The van der Waals surface area contributed by atoms with E-state index in [1.54, 1.807) is 0 Å². The van der Waals surface area contributed by atoms with E-state index in [0.717, 1.165) is 44.9 Å². The molecule has 0 radical (unpaired) electrons. The van der Waals surface area contributed by atoms with Gasteiger partial charge in [-0.15, -0.1) is 0 Å². The minimum Gasteiger partial charge on any atom is -0.396 e. The highest BCUT2D eigenvalue weighted by Gasteiger charge is 2.43. The summed E-state index contributed by atoms with van der Waals surface area (Å²) in [6, 6.07) is -1.17. The SMILES string of the molecule is OCCC[C@H](O)CCCCCCCC[C@@H](O)[C@@H]1N[C@@H](CO)[C@H](O)[C@H]1O. The fourth-order valence-corrected chi connectivity index (χ4v) is 3.49. The van der Waals surface area contributed by atoms with Gasteiger partial charge in [0.05, 0.1) is 43.1 Å². The van der Waals surface area contributed by atoms with E-state index in [-0.39, 0.29) is 19.3 Å². The summed E-state index contributed by atoms with van der Waals surface area (Å²) in [6.45, 7) is -0.133. The second-order valence-corrected chi connectivity index (χ2v) is 7.25. The van der Waals surface area contributed by atoms with Crippen LogP contribution < -0.4 is 5.32 Å². The van der Waals surface area contributed by atoms with Gasteiger partial charge < -0.3 is 36.0 Å². The van der Waals surface area contributed by atoms with Crippen molar-refractivity contribution in [2.75, 3.05) is 13.2 Å². The Morgan fingerprint density at radius 1 is 0.720 bits per heavy atom. The molecule has 0 aromatic carbocycles. The third-order valence-corrected chi connectivity index (χ3v) is 5.13. The molecule has 0 bridgehead atoms. The summed E-state index contributed by atoms with van der Waals surface area (Å²) in [5.74, 6) is 0. The molecule has 0 aliphatic carbocycles. The molecule has 0 aromatic heterocycles. The molecule has 0 saturated carbocycles. The van der Waals surface area contributed by atoms with Gasteiger partial charge in [-0.25, -0.2) is 0 Å². The second-order valence-electron chi connectivity index (χ2n) is 7.25. The fraction of sp³-hybridized carbons (Fsp3) is 1.00. The Morgan fingerprint density at radius 3 is 1.84 bits per heavy atom. The van der Waals surface area contributed by atoms with Gasteiger partial charge in [0.15, 0.2) is 0 Å². The maximum atomic E-state index is 10.2. The summed E-state index contributed by atoms with van der Waals surface area (Å²) >= 11 is 0. The molecule has 1 saturated heterocycles. The monoisotopic (exact) mass is 363 g/mol. The summed E-state index contributed by atoms with van der Waals surface area (Å²) < 4.78 is 0. The molecule has 150 valence electrons. The number of hydrogen-bond acceptors (Lipinski definition) is 7. The summed E-state index contributed by atoms with van der Waals surface area (Å²) in [5, 5.41) is 60.2. The van der Waals surface area contributed by atoms with Crippen LogP contribution in [0, 0.1) is 0 Å². The number of aliphatic hydroxyl groups excluding tert-OH is 6. The van der Waals surface area contributed by atoms with Crippen molar-refractivity contribution in [1.29, 1.82) is 0 Å². The maximum Gasteiger partial charge on any atom is 0.0993 e. The molecule has 0 unspecified atom stereocenters. The van der Waals surface area contributed by atoms with E-state index in [0.29, 0.717) is 19.3 Å². The molecule has 1 aliphatic rings. The third kappa shape index (κ3) is 8.30. The van der Waals surface area contributed by atoms with Crippen molar-refractivity contribution in [3.05, 3.63) is 0 Å². The van der Waals surface area contributed by atoms with E-state index in [4.69, 9.17) is 10.2 Å². The summed E-state index contributed by atoms with van der Waals surface area (Å²) in [6.07, 6.45) is 5.63. The molecule has 0 amide bonds. The Morgan fingerprint density at radius 2 is 1.28 bits per heavy atom. The number of aliphatic hydroxyl groups is 6. The van der Waals surface area contributed by atoms with Gasteiger partial charge in [0.1, 0.15) is 0 Å². The molecular formula is C18H37NO6.